The first-order chi connectivity index (χ1) is 8.81. The van der Waals surface area contributed by atoms with E-state index in [1.54, 1.807) is 4.90 Å². The van der Waals surface area contributed by atoms with Gasteiger partial charge in [0.2, 0.25) is 0 Å². The van der Waals surface area contributed by atoms with Crippen molar-refractivity contribution >= 4 is 12.1 Å². The van der Waals surface area contributed by atoms with E-state index >= 15 is 0 Å². The lowest BCUT2D eigenvalue weighted by Crippen LogP contribution is -2.62. The first-order valence-electron chi connectivity index (χ1n) is 6.86. The minimum atomic E-state index is -0.448. The van der Waals surface area contributed by atoms with Crippen LogP contribution in [0.15, 0.2) is 4.99 Å². The number of amides is 1. The van der Waals surface area contributed by atoms with Crippen molar-refractivity contribution in [3.63, 3.8) is 0 Å². The van der Waals surface area contributed by atoms with Gasteiger partial charge in [-0.3, -0.25) is 4.99 Å². The molecule has 0 unspecified atom stereocenters. The highest BCUT2D eigenvalue weighted by Gasteiger charge is 2.33. The molecule has 0 aliphatic carbocycles. The summed E-state index contributed by atoms with van der Waals surface area (Å²) in [4.78, 5) is 17.6. The van der Waals surface area contributed by atoms with Crippen molar-refractivity contribution in [2.75, 3.05) is 19.6 Å². The lowest BCUT2D eigenvalue weighted by atomic mass is 10.1. The van der Waals surface area contributed by atoms with Crippen molar-refractivity contribution in [3.8, 4) is 0 Å². The summed E-state index contributed by atoms with van der Waals surface area (Å²) in [5.74, 6) is 0.460. The van der Waals surface area contributed by atoms with Crippen LogP contribution in [0.2, 0.25) is 0 Å². The third-order valence-corrected chi connectivity index (χ3v) is 2.68. The fourth-order valence-corrected chi connectivity index (χ4v) is 1.66. The van der Waals surface area contributed by atoms with E-state index in [2.05, 4.69) is 17.2 Å². The third-order valence-electron chi connectivity index (χ3n) is 2.68. The van der Waals surface area contributed by atoms with Crippen LogP contribution in [0.5, 0.6) is 0 Å². The predicted molar refractivity (Wildman–Crippen MR) is 76.1 cm³/mol. The van der Waals surface area contributed by atoms with Crippen LogP contribution >= 0.6 is 0 Å². The Morgan fingerprint density at radius 3 is 2.63 bits per heavy atom. The molecule has 1 heterocycles. The largest absolute Gasteiger partial charge is 0.444 e. The number of guanidine groups is 1. The van der Waals surface area contributed by atoms with Crippen molar-refractivity contribution in [2.45, 2.75) is 52.2 Å². The molecule has 6 heteroatoms. The van der Waals surface area contributed by atoms with Crippen LogP contribution in [-0.2, 0) is 4.74 Å². The second-order valence-corrected chi connectivity index (χ2v) is 5.85. The molecule has 0 spiro atoms. The molecule has 1 fully saturated rings. The maximum Gasteiger partial charge on any atom is 0.410 e. The van der Waals surface area contributed by atoms with E-state index in [0.717, 1.165) is 19.4 Å². The molecule has 6 nitrogen and oxygen atoms in total. The Labute approximate surface area is 115 Å². The number of ether oxygens (including phenoxy) is 1. The molecule has 3 N–H and O–H groups in total. The van der Waals surface area contributed by atoms with Gasteiger partial charge in [0.15, 0.2) is 5.96 Å². The summed E-state index contributed by atoms with van der Waals surface area (Å²) in [6.45, 7) is 9.66. The Hall–Kier alpha value is -1.46. The number of hydrogen-bond donors (Lipinski definition) is 2. The molecule has 19 heavy (non-hydrogen) atoms. The van der Waals surface area contributed by atoms with Gasteiger partial charge in [-0.25, -0.2) is 4.79 Å². The van der Waals surface area contributed by atoms with Crippen molar-refractivity contribution in [1.82, 2.24) is 10.2 Å². The molecule has 0 bridgehead atoms. The smallest absolute Gasteiger partial charge is 0.410 e. The van der Waals surface area contributed by atoms with Gasteiger partial charge in [0.25, 0.3) is 0 Å². The lowest BCUT2D eigenvalue weighted by molar-refractivity contribution is 0.00706. The number of nitrogens with zero attached hydrogens (tertiary/aromatic N) is 2. The maximum absolute atomic E-state index is 11.7. The zero-order chi connectivity index (χ0) is 14.5. The van der Waals surface area contributed by atoms with Gasteiger partial charge in [0, 0.05) is 19.6 Å². The standard InChI is InChI=1S/C13H26N4O2/c1-5-6-7-15-11(14)16-10-8-17(9-10)12(18)19-13(2,3)4/h10H,5-9H2,1-4H3,(H3,14,15,16). The van der Waals surface area contributed by atoms with E-state index in [1.165, 1.54) is 0 Å². The van der Waals surface area contributed by atoms with Crippen LogP contribution in [0.3, 0.4) is 0 Å². The monoisotopic (exact) mass is 270 g/mol. The Morgan fingerprint density at radius 2 is 2.11 bits per heavy atom. The molecule has 1 rings (SSSR count). The molecule has 0 saturated carbocycles. The van der Waals surface area contributed by atoms with Crippen molar-refractivity contribution in [3.05, 3.63) is 0 Å². The van der Waals surface area contributed by atoms with Gasteiger partial charge < -0.3 is 20.7 Å². The fourth-order valence-electron chi connectivity index (χ4n) is 1.66. The summed E-state index contributed by atoms with van der Waals surface area (Å²) >= 11 is 0. The molecule has 1 aliphatic heterocycles. The first-order valence-corrected chi connectivity index (χ1v) is 6.86. The highest BCUT2D eigenvalue weighted by molar-refractivity contribution is 5.78. The van der Waals surface area contributed by atoms with E-state index in [1.807, 2.05) is 20.8 Å². The Balaban J connectivity index is 2.23. The minimum Gasteiger partial charge on any atom is -0.444 e. The molecular formula is C13H26N4O2. The molecule has 110 valence electrons. The van der Waals surface area contributed by atoms with Gasteiger partial charge in [0.1, 0.15) is 5.60 Å². The SMILES string of the molecule is CCCCN=C(N)NC1CN(C(=O)OC(C)(C)C)C1. The lowest BCUT2D eigenvalue weighted by Gasteiger charge is -2.40. The van der Waals surface area contributed by atoms with Gasteiger partial charge in [-0.15, -0.1) is 0 Å². The Morgan fingerprint density at radius 1 is 1.47 bits per heavy atom. The van der Waals surface area contributed by atoms with E-state index in [0.29, 0.717) is 19.0 Å². The summed E-state index contributed by atoms with van der Waals surface area (Å²) in [5.41, 5.74) is 5.30. The van der Waals surface area contributed by atoms with Crippen LogP contribution in [0, 0.1) is 0 Å². The topological polar surface area (TPSA) is 80.0 Å². The molecule has 0 aromatic carbocycles. The number of hydrogen-bond acceptors (Lipinski definition) is 3. The number of carbonyl (C=O) groups excluding carboxylic acids is 1. The van der Waals surface area contributed by atoms with Crippen LogP contribution in [0.4, 0.5) is 4.79 Å². The zero-order valence-corrected chi connectivity index (χ0v) is 12.4. The van der Waals surface area contributed by atoms with Gasteiger partial charge in [-0.1, -0.05) is 13.3 Å². The molecular weight excluding hydrogens is 244 g/mol. The van der Waals surface area contributed by atoms with E-state index in [9.17, 15) is 4.79 Å². The second-order valence-electron chi connectivity index (χ2n) is 5.85. The Bertz CT molecular complexity index is 330. The van der Waals surface area contributed by atoms with Crippen molar-refractivity contribution in [1.29, 1.82) is 0 Å². The highest BCUT2D eigenvalue weighted by Crippen LogP contribution is 2.14. The summed E-state index contributed by atoms with van der Waals surface area (Å²) in [6.07, 6.45) is 1.87. The van der Waals surface area contributed by atoms with Gasteiger partial charge in [-0.05, 0) is 27.2 Å². The molecule has 0 aromatic rings. The molecule has 0 radical (unpaired) electrons. The van der Waals surface area contributed by atoms with Gasteiger partial charge >= 0.3 is 6.09 Å². The summed E-state index contributed by atoms with van der Waals surface area (Å²) in [6, 6.07) is 0.179. The number of nitrogens with one attached hydrogen (secondary N) is 1. The van der Waals surface area contributed by atoms with Crippen LogP contribution in [-0.4, -0.2) is 48.2 Å². The van der Waals surface area contributed by atoms with E-state index in [4.69, 9.17) is 10.5 Å². The normalized spacial score (nSPS) is 17.1. The second kappa shape index (κ2) is 6.63. The summed E-state index contributed by atoms with van der Waals surface area (Å²) in [7, 11) is 0. The van der Waals surface area contributed by atoms with Crippen LogP contribution in [0.25, 0.3) is 0 Å². The van der Waals surface area contributed by atoms with E-state index in [-0.39, 0.29) is 12.1 Å². The van der Waals surface area contributed by atoms with Crippen LogP contribution < -0.4 is 11.1 Å². The summed E-state index contributed by atoms with van der Waals surface area (Å²) in [5, 5.41) is 3.10. The maximum atomic E-state index is 11.7. The van der Waals surface area contributed by atoms with Gasteiger partial charge in [0.05, 0.1) is 6.04 Å². The van der Waals surface area contributed by atoms with Gasteiger partial charge in [-0.2, -0.15) is 0 Å². The molecule has 1 aliphatic rings. The summed E-state index contributed by atoms with van der Waals surface area (Å²) < 4.78 is 5.27. The van der Waals surface area contributed by atoms with Crippen LogP contribution in [0.1, 0.15) is 40.5 Å². The number of unbranched alkanes of at least 4 members (excludes halogenated alkanes) is 1. The number of carbonyl (C=O) groups is 1. The molecule has 0 atom stereocenters. The number of nitrogens with two attached hydrogens (primary N) is 1. The molecule has 0 aromatic heterocycles. The quantitative estimate of drug-likeness (QED) is 0.458. The van der Waals surface area contributed by atoms with Crippen molar-refractivity contribution < 1.29 is 9.53 Å². The average molecular weight is 270 g/mol. The third kappa shape index (κ3) is 5.81. The number of rotatable bonds is 4. The predicted octanol–water partition coefficient (Wildman–Crippen LogP) is 1.31. The number of aliphatic imine (C=N–C) groups is 1. The number of likely N-dealkylation sites (tertiary alicyclic amines) is 1. The average Bonchev–Trinajstić information content (AvgIpc) is 2.20. The van der Waals surface area contributed by atoms with E-state index < -0.39 is 5.60 Å². The molecule has 1 saturated heterocycles. The fraction of sp³-hybridized carbons (Fsp3) is 0.846. The first kappa shape index (κ1) is 15.6. The zero-order valence-electron chi connectivity index (χ0n) is 12.4. The molecule has 1 amide bonds. The highest BCUT2D eigenvalue weighted by atomic mass is 16.6. The Kier molecular flexibility index (Phi) is 5.44. The van der Waals surface area contributed by atoms with Crippen molar-refractivity contribution in [2.24, 2.45) is 10.7 Å². The minimum absolute atomic E-state index is 0.179.